The predicted molar refractivity (Wildman–Crippen MR) is 93.7 cm³/mol. The standard InChI is InChI=1S/C19H20FN3O3/c1-3-13-15(23-18(24)17(13)20)5-7-26-19-14-9-16(25-2)12(10-21)8-11(14)4-6-22-19/h4,6,8-9,13,15,17H,3,5,7H2,1-2H3,(H,23,24)/t13-,15+,17-/m0/s1. The molecule has 6 nitrogen and oxygen atoms in total. The van der Waals surface area contributed by atoms with Gasteiger partial charge in [0.15, 0.2) is 6.17 Å². The second-order valence-electron chi connectivity index (χ2n) is 6.23. The van der Waals surface area contributed by atoms with Crippen molar-refractivity contribution in [1.82, 2.24) is 10.3 Å². The Balaban J connectivity index is 1.75. The smallest absolute Gasteiger partial charge is 0.255 e. The highest BCUT2D eigenvalue weighted by Gasteiger charge is 2.41. The van der Waals surface area contributed by atoms with Crippen molar-refractivity contribution in [2.24, 2.45) is 5.92 Å². The fourth-order valence-corrected chi connectivity index (χ4v) is 3.37. The Hall–Kier alpha value is -2.88. The van der Waals surface area contributed by atoms with Crippen molar-refractivity contribution in [3.63, 3.8) is 0 Å². The van der Waals surface area contributed by atoms with E-state index in [0.29, 0.717) is 36.6 Å². The van der Waals surface area contributed by atoms with Crippen LogP contribution in [0.4, 0.5) is 4.39 Å². The highest BCUT2D eigenvalue weighted by molar-refractivity contribution is 5.89. The summed E-state index contributed by atoms with van der Waals surface area (Å²) in [6.45, 7) is 2.17. The van der Waals surface area contributed by atoms with E-state index in [1.807, 2.05) is 6.92 Å². The average Bonchev–Trinajstić information content (AvgIpc) is 2.93. The molecule has 7 heteroatoms. The summed E-state index contributed by atoms with van der Waals surface area (Å²) in [4.78, 5) is 15.8. The highest BCUT2D eigenvalue weighted by atomic mass is 19.1. The number of carbonyl (C=O) groups excluding carboxylic acids is 1. The zero-order valence-electron chi connectivity index (χ0n) is 14.7. The molecule has 3 rings (SSSR count). The van der Waals surface area contributed by atoms with Crippen molar-refractivity contribution in [2.45, 2.75) is 32.0 Å². The number of alkyl halides is 1. The molecule has 1 aliphatic rings. The molecule has 0 unspecified atom stereocenters. The molecule has 26 heavy (non-hydrogen) atoms. The number of aromatic nitrogens is 1. The van der Waals surface area contributed by atoms with Crippen LogP contribution in [0, 0.1) is 17.2 Å². The summed E-state index contributed by atoms with van der Waals surface area (Å²) in [6, 6.07) is 7.09. The van der Waals surface area contributed by atoms with E-state index < -0.39 is 12.1 Å². The van der Waals surface area contributed by atoms with Crippen LogP contribution in [0.3, 0.4) is 0 Å². The van der Waals surface area contributed by atoms with Crippen molar-refractivity contribution >= 4 is 16.7 Å². The first-order valence-corrected chi connectivity index (χ1v) is 8.53. The fraction of sp³-hybridized carbons (Fsp3) is 0.421. The van der Waals surface area contributed by atoms with E-state index in [1.54, 1.807) is 24.4 Å². The van der Waals surface area contributed by atoms with Gasteiger partial charge in [0.2, 0.25) is 5.88 Å². The molecular formula is C19H20FN3O3. The molecule has 1 amide bonds. The molecule has 1 fully saturated rings. The molecule has 0 radical (unpaired) electrons. The third-order valence-corrected chi connectivity index (χ3v) is 4.78. The van der Waals surface area contributed by atoms with Gasteiger partial charge in [-0.05, 0) is 30.0 Å². The average molecular weight is 357 g/mol. The highest BCUT2D eigenvalue weighted by Crippen LogP contribution is 2.31. The summed E-state index contributed by atoms with van der Waals surface area (Å²) < 4.78 is 24.9. The summed E-state index contributed by atoms with van der Waals surface area (Å²) in [5.74, 6) is -0.00422. The van der Waals surface area contributed by atoms with Crippen LogP contribution in [-0.4, -0.2) is 36.8 Å². The maximum atomic E-state index is 13.8. The monoisotopic (exact) mass is 357 g/mol. The van der Waals surface area contributed by atoms with Crippen molar-refractivity contribution in [3.05, 3.63) is 30.0 Å². The number of amides is 1. The Morgan fingerprint density at radius 1 is 1.42 bits per heavy atom. The molecule has 1 N–H and O–H groups in total. The number of nitrogens with one attached hydrogen (secondary N) is 1. The van der Waals surface area contributed by atoms with E-state index in [-0.39, 0.29) is 12.0 Å². The molecule has 0 spiro atoms. The van der Waals surface area contributed by atoms with Gasteiger partial charge in [0.25, 0.3) is 5.91 Å². The number of halogens is 1. The maximum absolute atomic E-state index is 13.8. The van der Waals surface area contributed by atoms with Gasteiger partial charge in [0.05, 0.1) is 19.3 Å². The first-order chi connectivity index (χ1) is 12.6. The summed E-state index contributed by atoms with van der Waals surface area (Å²) in [7, 11) is 1.50. The molecular weight excluding hydrogens is 337 g/mol. The fourth-order valence-electron chi connectivity index (χ4n) is 3.37. The number of methoxy groups -OCH3 is 1. The van der Waals surface area contributed by atoms with Crippen LogP contribution in [0.15, 0.2) is 24.4 Å². The van der Waals surface area contributed by atoms with Crippen molar-refractivity contribution < 1.29 is 18.7 Å². The molecule has 136 valence electrons. The Morgan fingerprint density at radius 2 is 2.23 bits per heavy atom. The molecule has 2 heterocycles. The number of nitrogens with zero attached hydrogens (tertiary/aromatic N) is 2. The number of rotatable bonds is 6. The molecule has 3 atom stereocenters. The Labute approximate surface area is 150 Å². The van der Waals surface area contributed by atoms with Gasteiger partial charge in [0, 0.05) is 30.0 Å². The normalized spacial score (nSPS) is 22.1. The number of fused-ring (bicyclic) bond motifs is 1. The van der Waals surface area contributed by atoms with Crippen LogP contribution in [0.25, 0.3) is 10.8 Å². The van der Waals surface area contributed by atoms with Gasteiger partial charge in [-0.1, -0.05) is 6.92 Å². The quantitative estimate of drug-likeness (QED) is 0.859. The molecule has 1 aromatic carbocycles. The molecule has 1 aliphatic heterocycles. The summed E-state index contributed by atoms with van der Waals surface area (Å²) >= 11 is 0. The first-order valence-electron chi connectivity index (χ1n) is 8.53. The second-order valence-corrected chi connectivity index (χ2v) is 6.23. The minimum atomic E-state index is -1.45. The van der Waals surface area contributed by atoms with Gasteiger partial charge in [-0.15, -0.1) is 0 Å². The summed E-state index contributed by atoms with van der Waals surface area (Å²) in [5, 5.41) is 13.4. The number of hydrogen-bond acceptors (Lipinski definition) is 5. The number of nitriles is 1. The third kappa shape index (κ3) is 3.27. The lowest BCUT2D eigenvalue weighted by molar-refractivity contribution is -0.123. The Morgan fingerprint density at radius 3 is 2.92 bits per heavy atom. The lowest BCUT2D eigenvalue weighted by Crippen LogP contribution is -2.30. The number of hydrogen-bond donors (Lipinski definition) is 1. The van der Waals surface area contributed by atoms with Crippen LogP contribution < -0.4 is 14.8 Å². The van der Waals surface area contributed by atoms with Gasteiger partial charge in [-0.3, -0.25) is 4.79 Å². The minimum absolute atomic E-state index is 0.239. The van der Waals surface area contributed by atoms with Crippen LogP contribution in [0.5, 0.6) is 11.6 Å². The van der Waals surface area contributed by atoms with E-state index >= 15 is 0 Å². The van der Waals surface area contributed by atoms with Crippen LogP contribution >= 0.6 is 0 Å². The maximum Gasteiger partial charge on any atom is 0.255 e. The lowest BCUT2D eigenvalue weighted by Gasteiger charge is -2.18. The lowest BCUT2D eigenvalue weighted by atomic mass is 9.94. The molecule has 1 aromatic heterocycles. The van der Waals surface area contributed by atoms with Crippen LogP contribution in [0.2, 0.25) is 0 Å². The van der Waals surface area contributed by atoms with Crippen LogP contribution in [0.1, 0.15) is 25.3 Å². The molecule has 0 saturated carbocycles. The number of ether oxygens (including phenoxy) is 2. The SMILES string of the molecule is CC[C@@H]1[C@H](F)C(=O)N[C@@H]1CCOc1nccc2cc(C#N)c(OC)cc12. The second kappa shape index (κ2) is 7.56. The van der Waals surface area contributed by atoms with Crippen molar-refractivity contribution in [2.75, 3.05) is 13.7 Å². The van der Waals surface area contributed by atoms with Crippen molar-refractivity contribution in [1.29, 1.82) is 5.26 Å². The van der Waals surface area contributed by atoms with Gasteiger partial charge in [-0.25, -0.2) is 9.37 Å². The zero-order chi connectivity index (χ0) is 18.7. The zero-order valence-corrected chi connectivity index (χ0v) is 14.7. The van der Waals surface area contributed by atoms with E-state index in [4.69, 9.17) is 9.47 Å². The number of pyridine rings is 1. The largest absolute Gasteiger partial charge is 0.495 e. The van der Waals surface area contributed by atoms with E-state index in [9.17, 15) is 14.4 Å². The third-order valence-electron chi connectivity index (χ3n) is 4.78. The number of benzene rings is 1. The van der Waals surface area contributed by atoms with Gasteiger partial charge in [0.1, 0.15) is 11.8 Å². The van der Waals surface area contributed by atoms with Crippen molar-refractivity contribution in [3.8, 4) is 17.7 Å². The molecule has 0 aliphatic carbocycles. The van der Waals surface area contributed by atoms with E-state index in [2.05, 4.69) is 16.4 Å². The molecule has 1 saturated heterocycles. The minimum Gasteiger partial charge on any atom is -0.495 e. The van der Waals surface area contributed by atoms with Gasteiger partial charge in [-0.2, -0.15) is 5.26 Å². The Bertz CT molecular complexity index is 865. The summed E-state index contributed by atoms with van der Waals surface area (Å²) in [5.41, 5.74) is 0.436. The Kier molecular flexibility index (Phi) is 5.21. The van der Waals surface area contributed by atoms with Crippen LogP contribution in [-0.2, 0) is 4.79 Å². The molecule has 2 aromatic rings. The van der Waals surface area contributed by atoms with Gasteiger partial charge < -0.3 is 14.8 Å². The summed E-state index contributed by atoms with van der Waals surface area (Å²) in [6.07, 6.45) is 1.24. The number of carbonyl (C=O) groups is 1. The van der Waals surface area contributed by atoms with E-state index in [0.717, 1.165) is 10.8 Å². The topological polar surface area (TPSA) is 84.2 Å². The van der Waals surface area contributed by atoms with E-state index in [1.165, 1.54) is 7.11 Å². The first kappa shape index (κ1) is 17.9. The van der Waals surface area contributed by atoms with Gasteiger partial charge >= 0.3 is 0 Å². The molecule has 0 bridgehead atoms. The predicted octanol–water partition coefficient (Wildman–Crippen LogP) is 2.75.